The monoisotopic (exact) mass is 214 g/mol. The molecule has 80 valence electrons. The largest absolute Gasteiger partial charge is 0.349 e. The summed E-state index contributed by atoms with van der Waals surface area (Å²) in [7, 11) is 2.03. The van der Waals surface area contributed by atoms with Crippen LogP contribution in [-0.2, 0) is 0 Å². The molecular weight excluding hydrogens is 196 g/mol. The highest BCUT2D eigenvalue weighted by atomic mass is 32.1. The van der Waals surface area contributed by atoms with Gasteiger partial charge < -0.3 is 10.2 Å². The molecule has 0 bridgehead atoms. The van der Waals surface area contributed by atoms with E-state index in [1.807, 2.05) is 7.05 Å². The first-order chi connectivity index (χ1) is 6.49. The van der Waals surface area contributed by atoms with Crippen molar-refractivity contribution in [3.8, 4) is 0 Å². The Morgan fingerprint density at radius 2 is 2.21 bits per heavy atom. The molecule has 0 radical (unpaired) electrons. The van der Waals surface area contributed by atoms with Crippen LogP contribution in [0.5, 0.6) is 0 Å². The van der Waals surface area contributed by atoms with Crippen molar-refractivity contribution in [2.24, 2.45) is 0 Å². The number of rotatable bonds is 4. The molecule has 0 aliphatic rings. The van der Waals surface area contributed by atoms with Crippen LogP contribution < -0.4 is 10.2 Å². The van der Waals surface area contributed by atoms with Crippen molar-refractivity contribution in [2.45, 2.75) is 26.3 Å². The number of nitrogens with one attached hydrogen (secondary N) is 1. The van der Waals surface area contributed by atoms with Crippen molar-refractivity contribution in [2.75, 3.05) is 25.0 Å². The van der Waals surface area contributed by atoms with E-state index in [1.54, 1.807) is 6.33 Å². The zero-order valence-electron chi connectivity index (χ0n) is 9.24. The van der Waals surface area contributed by atoms with Gasteiger partial charge in [0.1, 0.15) is 6.33 Å². The number of likely N-dealkylation sites (N-methyl/N-ethyl adjacent to an activating group) is 1. The quantitative estimate of drug-likeness (QED) is 0.821. The first-order valence-corrected chi connectivity index (χ1v) is 5.49. The molecule has 1 rings (SSSR count). The highest BCUT2D eigenvalue weighted by Gasteiger charge is 2.09. The number of hydrogen-bond acceptors (Lipinski definition) is 5. The van der Waals surface area contributed by atoms with Gasteiger partial charge in [-0.25, -0.2) is 4.98 Å². The highest BCUT2D eigenvalue weighted by molar-refractivity contribution is 7.09. The van der Waals surface area contributed by atoms with Crippen molar-refractivity contribution >= 4 is 16.7 Å². The molecule has 0 saturated heterocycles. The summed E-state index contributed by atoms with van der Waals surface area (Å²) in [4.78, 5) is 6.24. The molecule has 4 nitrogen and oxygen atoms in total. The predicted molar refractivity (Wildman–Crippen MR) is 60.9 cm³/mol. The van der Waals surface area contributed by atoms with Crippen LogP contribution in [0.1, 0.15) is 20.8 Å². The van der Waals surface area contributed by atoms with Gasteiger partial charge in [0.2, 0.25) is 5.13 Å². The Hall–Kier alpha value is -0.680. The van der Waals surface area contributed by atoms with E-state index in [2.05, 4.69) is 40.3 Å². The number of anilines is 1. The molecule has 0 aliphatic heterocycles. The first kappa shape index (κ1) is 11.4. The van der Waals surface area contributed by atoms with E-state index < -0.39 is 0 Å². The Morgan fingerprint density at radius 1 is 1.50 bits per heavy atom. The molecular formula is C9H18N4S. The van der Waals surface area contributed by atoms with Crippen molar-refractivity contribution in [3.05, 3.63) is 6.33 Å². The Kier molecular flexibility index (Phi) is 3.83. The zero-order valence-corrected chi connectivity index (χ0v) is 10.1. The minimum atomic E-state index is 0.183. The summed E-state index contributed by atoms with van der Waals surface area (Å²) in [6.07, 6.45) is 1.59. The van der Waals surface area contributed by atoms with Gasteiger partial charge in [-0.15, -0.1) is 0 Å². The van der Waals surface area contributed by atoms with E-state index in [4.69, 9.17) is 0 Å². The first-order valence-electron chi connectivity index (χ1n) is 4.72. The lowest BCUT2D eigenvalue weighted by Gasteiger charge is -2.23. The fourth-order valence-corrected chi connectivity index (χ4v) is 1.54. The van der Waals surface area contributed by atoms with Gasteiger partial charge in [0.25, 0.3) is 0 Å². The predicted octanol–water partition coefficient (Wildman–Crippen LogP) is 1.36. The Balaban J connectivity index is 2.26. The average Bonchev–Trinajstić information content (AvgIpc) is 2.53. The maximum Gasteiger partial charge on any atom is 0.204 e. The van der Waals surface area contributed by atoms with Gasteiger partial charge in [0.05, 0.1) is 0 Å². The lowest BCUT2D eigenvalue weighted by atomic mass is 10.1. The van der Waals surface area contributed by atoms with Gasteiger partial charge in [0.15, 0.2) is 0 Å². The second kappa shape index (κ2) is 4.70. The maximum atomic E-state index is 4.14. The minimum absolute atomic E-state index is 0.183. The van der Waals surface area contributed by atoms with Gasteiger partial charge in [-0.05, 0) is 20.8 Å². The molecule has 0 aliphatic carbocycles. The smallest absolute Gasteiger partial charge is 0.204 e. The van der Waals surface area contributed by atoms with Gasteiger partial charge in [0, 0.05) is 37.2 Å². The molecule has 14 heavy (non-hydrogen) atoms. The molecule has 0 atom stereocenters. The second-order valence-corrected chi connectivity index (χ2v) is 5.08. The summed E-state index contributed by atoms with van der Waals surface area (Å²) in [5.41, 5.74) is 0.183. The third-order valence-corrected chi connectivity index (χ3v) is 2.56. The standard InChI is InChI=1S/C9H18N4S/c1-9(2,3)11-5-6-13(4)8-10-7-12-14-8/h7,11H,5-6H2,1-4H3. The summed E-state index contributed by atoms with van der Waals surface area (Å²) in [6, 6.07) is 0. The molecule has 0 saturated carbocycles. The van der Waals surface area contributed by atoms with E-state index in [-0.39, 0.29) is 5.54 Å². The SMILES string of the molecule is CN(CCNC(C)(C)C)c1ncns1. The molecule has 5 heteroatoms. The van der Waals surface area contributed by atoms with Crippen molar-refractivity contribution in [3.63, 3.8) is 0 Å². The Labute approximate surface area is 89.5 Å². The van der Waals surface area contributed by atoms with Crippen LogP contribution in [0.2, 0.25) is 0 Å². The van der Waals surface area contributed by atoms with Crippen molar-refractivity contribution in [1.82, 2.24) is 14.7 Å². The van der Waals surface area contributed by atoms with E-state index in [0.717, 1.165) is 18.2 Å². The fourth-order valence-electron chi connectivity index (χ4n) is 1.03. The fraction of sp³-hybridized carbons (Fsp3) is 0.778. The van der Waals surface area contributed by atoms with E-state index >= 15 is 0 Å². The Bertz CT molecular complexity index is 252. The molecule has 0 spiro atoms. The molecule has 0 aromatic carbocycles. The topological polar surface area (TPSA) is 41.0 Å². The van der Waals surface area contributed by atoms with Crippen LogP contribution in [0.25, 0.3) is 0 Å². The lowest BCUT2D eigenvalue weighted by molar-refractivity contribution is 0.431. The van der Waals surface area contributed by atoms with E-state index in [9.17, 15) is 0 Å². The number of hydrogen-bond donors (Lipinski definition) is 1. The van der Waals surface area contributed by atoms with Crippen LogP contribution in [0, 0.1) is 0 Å². The summed E-state index contributed by atoms with van der Waals surface area (Å²) in [6.45, 7) is 8.40. The van der Waals surface area contributed by atoms with Crippen LogP contribution in [0.4, 0.5) is 5.13 Å². The van der Waals surface area contributed by atoms with Gasteiger partial charge in [-0.2, -0.15) is 4.37 Å². The third kappa shape index (κ3) is 4.02. The van der Waals surface area contributed by atoms with Gasteiger partial charge in [-0.3, -0.25) is 0 Å². The average molecular weight is 214 g/mol. The highest BCUT2D eigenvalue weighted by Crippen LogP contribution is 2.11. The maximum absolute atomic E-state index is 4.14. The number of aromatic nitrogens is 2. The summed E-state index contributed by atoms with van der Waals surface area (Å²) in [5.74, 6) is 0. The van der Waals surface area contributed by atoms with Crippen LogP contribution in [-0.4, -0.2) is 35.0 Å². The molecule has 1 heterocycles. The van der Waals surface area contributed by atoms with Crippen molar-refractivity contribution in [1.29, 1.82) is 0 Å². The molecule has 0 fully saturated rings. The Morgan fingerprint density at radius 3 is 2.71 bits per heavy atom. The molecule has 1 aromatic rings. The third-order valence-electron chi connectivity index (χ3n) is 1.78. The summed E-state index contributed by atoms with van der Waals surface area (Å²) >= 11 is 1.43. The van der Waals surface area contributed by atoms with Crippen LogP contribution >= 0.6 is 11.5 Å². The lowest BCUT2D eigenvalue weighted by Crippen LogP contribution is -2.40. The normalized spacial score (nSPS) is 11.7. The zero-order chi connectivity index (χ0) is 10.6. The van der Waals surface area contributed by atoms with E-state index in [1.165, 1.54) is 11.5 Å². The van der Waals surface area contributed by atoms with Gasteiger partial charge >= 0.3 is 0 Å². The van der Waals surface area contributed by atoms with Crippen LogP contribution in [0.3, 0.4) is 0 Å². The van der Waals surface area contributed by atoms with Crippen molar-refractivity contribution < 1.29 is 0 Å². The molecule has 1 aromatic heterocycles. The van der Waals surface area contributed by atoms with Gasteiger partial charge in [-0.1, -0.05) is 0 Å². The van der Waals surface area contributed by atoms with E-state index in [0.29, 0.717) is 0 Å². The molecule has 0 unspecified atom stereocenters. The minimum Gasteiger partial charge on any atom is -0.349 e. The second-order valence-electron chi connectivity index (χ2n) is 4.32. The molecule has 1 N–H and O–H groups in total. The summed E-state index contributed by atoms with van der Waals surface area (Å²) in [5, 5.41) is 4.40. The molecule has 0 amide bonds. The summed E-state index contributed by atoms with van der Waals surface area (Å²) < 4.78 is 3.97. The number of nitrogens with zero attached hydrogens (tertiary/aromatic N) is 3. The van der Waals surface area contributed by atoms with Crippen LogP contribution in [0.15, 0.2) is 6.33 Å².